The van der Waals surface area contributed by atoms with Crippen molar-refractivity contribution in [2.45, 2.75) is 0 Å². The van der Waals surface area contributed by atoms with E-state index in [1.807, 2.05) is 42.5 Å². The summed E-state index contributed by atoms with van der Waals surface area (Å²) in [7, 11) is 0. The fourth-order valence-electron chi connectivity index (χ4n) is 2.27. The van der Waals surface area contributed by atoms with E-state index in [0.717, 1.165) is 11.1 Å². The first-order valence-electron chi connectivity index (χ1n) is 6.70. The van der Waals surface area contributed by atoms with Crippen LogP contribution in [0.3, 0.4) is 0 Å². The van der Waals surface area contributed by atoms with Crippen LogP contribution in [0, 0.1) is 5.82 Å². The van der Waals surface area contributed by atoms with Gasteiger partial charge in [-0.3, -0.25) is 4.79 Å². The van der Waals surface area contributed by atoms with E-state index in [1.54, 1.807) is 24.3 Å². The first-order chi connectivity index (χ1) is 10.3. The minimum atomic E-state index is -0.493. The van der Waals surface area contributed by atoms with Crippen LogP contribution in [0.1, 0.15) is 15.9 Å². The Morgan fingerprint density at radius 1 is 0.714 bits per heavy atom. The first-order valence-corrected chi connectivity index (χ1v) is 6.70. The monoisotopic (exact) mass is 276 g/mol. The van der Waals surface area contributed by atoms with Gasteiger partial charge in [0.05, 0.1) is 5.56 Å². The molecule has 3 aromatic carbocycles. The summed E-state index contributed by atoms with van der Waals surface area (Å²) < 4.78 is 13.7. The summed E-state index contributed by atoms with van der Waals surface area (Å²) in [5, 5.41) is 0. The van der Waals surface area contributed by atoms with Gasteiger partial charge < -0.3 is 0 Å². The molecule has 2 heteroatoms. The molecule has 0 amide bonds. The van der Waals surface area contributed by atoms with Crippen LogP contribution < -0.4 is 0 Å². The van der Waals surface area contributed by atoms with Crippen LogP contribution in [0.5, 0.6) is 0 Å². The molecule has 3 rings (SSSR count). The van der Waals surface area contributed by atoms with Crippen LogP contribution in [0.15, 0.2) is 78.9 Å². The summed E-state index contributed by atoms with van der Waals surface area (Å²) >= 11 is 0. The maximum atomic E-state index is 13.7. The zero-order valence-corrected chi connectivity index (χ0v) is 11.3. The van der Waals surface area contributed by atoms with Crippen LogP contribution in [-0.4, -0.2) is 5.78 Å². The molecule has 0 aromatic heterocycles. The second kappa shape index (κ2) is 5.71. The molecule has 1 nitrogen and oxygen atoms in total. The molecule has 0 aliphatic heterocycles. The predicted octanol–water partition coefficient (Wildman–Crippen LogP) is 4.72. The smallest absolute Gasteiger partial charge is 0.195 e. The first kappa shape index (κ1) is 13.3. The highest BCUT2D eigenvalue weighted by atomic mass is 19.1. The molecule has 0 saturated carbocycles. The molecule has 0 atom stereocenters. The molecule has 0 fully saturated rings. The van der Waals surface area contributed by atoms with E-state index < -0.39 is 5.82 Å². The fourth-order valence-corrected chi connectivity index (χ4v) is 2.27. The van der Waals surface area contributed by atoms with Crippen molar-refractivity contribution < 1.29 is 9.18 Å². The second-order valence-electron chi connectivity index (χ2n) is 4.76. The van der Waals surface area contributed by atoms with E-state index in [-0.39, 0.29) is 11.3 Å². The Morgan fingerprint density at radius 2 is 1.38 bits per heavy atom. The van der Waals surface area contributed by atoms with Crippen LogP contribution >= 0.6 is 0 Å². The van der Waals surface area contributed by atoms with E-state index in [2.05, 4.69) is 0 Å². The maximum absolute atomic E-state index is 13.7. The van der Waals surface area contributed by atoms with Crippen LogP contribution in [-0.2, 0) is 0 Å². The SMILES string of the molecule is O=C(c1cccc(-c2ccccc2)c1)c1ccccc1F. The standard InChI is InChI=1S/C19H13FO/c20-18-12-5-4-11-17(18)19(21)16-10-6-9-15(13-16)14-7-2-1-3-8-14/h1-13H. The van der Waals surface area contributed by atoms with Crippen molar-refractivity contribution in [2.75, 3.05) is 0 Å². The molecule has 3 aromatic rings. The molecule has 0 heterocycles. The number of halogens is 1. The van der Waals surface area contributed by atoms with Gasteiger partial charge in [-0.2, -0.15) is 0 Å². The lowest BCUT2D eigenvalue weighted by Gasteiger charge is -2.06. The lowest BCUT2D eigenvalue weighted by molar-refractivity contribution is 0.103. The maximum Gasteiger partial charge on any atom is 0.195 e. The number of carbonyl (C=O) groups excluding carboxylic acids is 1. The van der Waals surface area contributed by atoms with Gasteiger partial charge in [-0.15, -0.1) is 0 Å². The van der Waals surface area contributed by atoms with E-state index in [9.17, 15) is 9.18 Å². The molecule has 0 N–H and O–H groups in total. The average molecular weight is 276 g/mol. The number of benzene rings is 3. The highest BCUT2D eigenvalue weighted by molar-refractivity contribution is 6.09. The normalized spacial score (nSPS) is 10.3. The fraction of sp³-hybridized carbons (Fsp3) is 0. The van der Waals surface area contributed by atoms with Gasteiger partial charge in [-0.1, -0.05) is 60.7 Å². The van der Waals surface area contributed by atoms with Crippen molar-refractivity contribution in [2.24, 2.45) is 0 Å². The topological polar surface area (TPSA) is 17.1 Å². The molecular formula is C19H13FO. The molecule has 0 bridgehead atoms. The Kier molecular flexibility index (Phi) is 3.61. The Morgan fingerprint density at radius 3 is 2.14 bits per heavy atom. The Hall–Kier alpha value is -2.74. The summed E-state index contributed by atoms with van der Waals surface area (Å²) in [5.74, 6) is -0.793. The summed E-state index contributed by atoms with van der Waals surface area (Å²) in [5.41, 5.74) is 2.56. The molecular weight excluding hydrogens is 263 g/mol. The van der Waals surface area contributed by atoms with Crippen LogP contribution in [0.2, 0.25) is 0 Å². The highest BCUT2D eigenvalue weighted by Gasteiger charge is 2.13. The molecule has 0 saturated heterocycles. The number of ketones is 1. The van der Waals surface area contributed by atoms with Gasteiger partial charge in [0.15, 0.2) is 5.78 Å². The number of rotatable bonds is 3. The highest BCUT2D eigenvalue weighted by Crippen LogP contribution is 2.22. The Bertz CT molecular complexity index is 778. The van der Waals surface area contributed by atoms with Gasteiger partial charge in [-0.05, 0) is 29.3 Å². The number of hydrogen-bond acceptors (Lipinski definition) is 1. The second-order valence-corrected chi connectivity index (χ2v) is 4.76. The minimum absolute atomic E-state index is 0.0997. The zero-order chi connectivity index (χ0) is 14.7. The third-order valence-electron chi connectivity index (χ3n) is 3.35. The van der Waals surface area contributed by atoms with Crippen molar-refractivity contribution in [1.82, 2.24) is 0 Å². The predicted molar refractivity (Wildman–Crippen MR) is 81.7 cm³/mol. The number of hydrogen-bond donors (Lipinski definition) is 0. The van der Waals surface area contributed by atoms with Crippen LogP contribution in [0.4, 0.5) is 4.39 Å². The number of carbonyl (C=O) groups is 1. The minimum Gasteiger partial charge on any atom is -0.288 e. The average Bonchev–Trinajstić information content (AvgIpc) is 2.56. The molecule has 21 heavy (non-hydrogen) atoms. The molecule has 0 spiro atoms. The van der Waals surface area contributed by atoms with Gasteiger partial charge in [0.25, 0.3) is 0 Å². The molecule has 0 aliphatic rings. The van der Waals surface area contributed by atoms with E-state index in [0.29, 0.717) is 5.56 Å². The molecule has 0 aliphatic carbocycles. The van der Waals surface area contributed by atoms with Gasteiger partial charge in [0.2, 0.25) is 0 Å². The van der Waals surface area contributed by atoms with E-state index in [1.165, 1.54) is 12.1 Å². The lowest BCUT2D eigenvalue weighted by atomic mass is 9.98. The summed E-state index contributed by atoms with van der Waals surface area (Å²) in [6.07, 6.45) is 0. The molecule has 102 valence electrons. The van der Waals surface area contributed by atoms with Gasteiger partial charge in [-0.25, -0.2) is 4.39 Å². The van der Waals surface area contributed by atoms with Gasteiger partial charge in [0, 0.05) is 5.56 Å². The third-order valence-corrected chi connectivity index (χ3v) is 3.35. The Balaban J connectivity index is 2.01. The van der Waals surface area contributed by atoms with Gasteiger partial charge in [0.1, 0.15) is 5.82 Å². The van der Waals surface area contributed by atoms with Gasteiger partial charge >= 0.3 is 0 Å². The zero-order valence-electron chi connectivity index (χ0n) is 11.3. The quantitative estimate of drug-likeness (QED) is 0.632. The van der Waals surface area contributed by atoms with Crippen molar-refractivity contribution in [3.05, 3.63) is 95.8 Å². The van der Waals surface area contributed by atoms with E-state index in [4.69, 9.17) is 0 Å². The van der Waals surface area contributed by atoms with Crippen LogP contribution in [0.25, 0.3) is 11.1 Å². The summed E-state index contributed by atoms with van der Waals surface area (Å²) in [6.45, 7) is 0. The van der Waals surface area contributed by atoms with Crippen molar-refractivity contribution in [3.63, 3.8) is 0 Å². The molecule has 0 radical (unpaired) electrons. The largest absolute Gasteiger partial charge is 0.288 e. The van der Waals surface area contributed by atoms with E-state index >= 15 is 0 Å². The van der Waals surface area contributed by atoms with Crippen molar-refractivity contribution >= 4 is 5.78 Å². The third kappa shape index (κ3) is 2.75. The molecule has 0 unspecified atom stereocenters. The summed E-state index contributed by atoms with van der Waals surface area (Å²) in [6, 6.07) is 23.1. The summed E-state index contributed by atoms with van der Waals surface area (Å²) in [4.78, 5) is 12.4. The van der Waals surface area contributed by atoms with Crippen molar-refractivity contribution in [1.29, 1.82) is 0 Å². The lowest BCUT2D eigenvalue weighted by Crippen LogP contribution is -2.04. The Labute approximate surface area is 122 Å². The van der Waals surface area contributed by atoms with Crippen molar-refractivity contribution in [3.8, 4) is 11.1 Å².